The van der Waals surface area contributed by atoms with Crippen LogP contribution in [0.15, 0.2) is 32.5 Å². The lowest BCUT2D eigenvalue weighted by molar-refractivity contribution is -0.119. The highest BCUT2D eigenvalue weighted by atomic mass is 32.2. The molecular weight excluding hydrogens is 426 g/mol. The molecule has 1 aromatic rings. The summed E-state index contributed by atoms with van der Waals surface area (Å²) in [5.74, 6) is -2.16. The van der Waals surface area contributed by atoms with E-state index in [2.05, 4.69) is 25.6 Å². The second-order valence-electron chi connectivity index (χ2n) is 6.78. The maximum absolute atomic E-state index is 12.5. The fourth-order valence-corrected chi connectivity index (χ4v) is 4.29. The minimum atomic E-state index is -0.797. The molecule has 2 heterocycles. The summed E-state index contributed by atoms with van der Waals surface area (Å²) in [6, 6.07) is 3.45. The number of nitrogens with one attached hydrogen (secondary N) is 2. The summed E-state index contributed by atoms with van der Waals surface area (Å²) >= 11 is 2.17. The number of carbonyl (C=O) groups is 4. The van der Waals surface area contributed by atoms with Crippen LogP contribution in [0.25, 0.3) is 0 Å². The lowest BCUT2D eigenvalue weighted by Gasteiger charge is -2.22. The van der Waals surface area contributed by atoms with E-state index < -0.39 is 17.7 Å². The number of thiophene rings is 1. The molecule has 11 heteroatoms. The largest absolute Gasteiger partial charge is 0.353 e. The highest BCUT2D eigenvalue weighted by molar-refractivity contribution is 8.14. The maximum atomic E-state index is 12.5. The quantitative estimate of drug-likeness (QED) is 0.729. The van der Waals surface area contributed by atoms with Crippen molar-refractivity contribution in [1.29, 1.82) is 0 Å². The van der Waals surface area contributed by atoms with Gasteiger partial charge >= 0.3 is 5.91 Å². The van der Waals surface area contributed by atoms with Crippen LogP contribution in [0.1, 0.15) is 48.7 Å². The molecular formula is C19H21N5O4S2. The Hall–Kier alpha value is -2.66. The third-order valence-electron chi connectivity index (χ3n) is 4.37. The van der Waals surface area contributed by atoms with E-state index in [0.717, 1.165) is 37.4 Å². The Morgan fingerprint density at radius 1 is 1.23 bits per heavy atom. The van der Waals surface area contributed by atoms with Crippen molar-refractivity contribution in [3.05, 3.63) is 22.4 Å². The molecule has 0 atom stereocenters. The van der Waals surface area contributed by atoms with E-state index >= 15 is 0 Å². The SMILES string of the molecule is CC(=O)NC1=NC(SCC(=O)NC2CCCCC2)=NC(=O)C1=NC(=O)c1cccs1. The minimum absolute atomic E-state index is 0.0325. The Bertz CT molecular complexity index is 931. The second-order valence-corrected chi connectivity index (χ2v) is 8.67. The molecule has 0 bridgehead atoms. The molecule has 2 aliphatic rings. The lowest BCUT2D eigenvalue weighted by Crippen LogP contribution is -2.41. The number of hydrogen-bond acceptors (Lipinski definition) is 7. The van der Waals surface area contributed by atoms with E-state index in [9.17, 15) is 19.2 Å². The molecule has 1 aliphatic heterocycles. The van der Waals surface area contributed by atoms with Crippen LogP contribution in [0.2, 0.25) is 0 Å². The molecule has 4 amide bonds. The number of rotatable bonds is 4. The molecule has 1 aromatic heterocycles. The van der Waals surface area contributed by atoms with Crippen LogP contribution in [0.4, 0.5) is 0 Å². The molecule has 0 radical (unpaired) electrons. The fourth-order valence-electron chi connectivity index (χ4n) is 3.04. The molecule has 1 fully saturated rings. The average Bonchev–Trinajstić information content (AvgIpc) is 3.24. The molecule has 158 valence electrons. The number of thioether (sulfide) groups is 1. The van der Waals surface area contributed by atoms with Crippen LogP contribution in [0.5, 0.6) is 0 Å². The van der Waals surface area contributed by atoms with Crippen molar-refractivity contribution in [2.75, 3.05) is 5.75 Å². The van der Waals surface area contributed by atoms with E-state index in [-0.39, 0.29) is 34.4 Å². The molecule has 0 spiro atoms. The number of nitrogens with zero attached hydrogens (tertiary/aromatic N) is 3. The standard InChI is InChI=1S/C19H21N5O4S2/c1-11(25)20-16-15(22-17(27)13-8-5-9-29-13)18(28)24-19(23-16)30-10-14(26)21-12-6-3-2-4-7-12/h5,8-9,12H,2-4,6-7,10H2,1H3,(H,21,26)(H,20,23,24,25,28). The summed E-state index contributed by atoms with van der Waals surface area (Å²) in [4.78, 5) is 60.5. The molecule has 0 unspecified atom stereocenters. The van der Waals surface area contributed by atoms with Crippen LogP contribution in [0.3, 0.4) is 0 Å². The van der Waals surface area contributed by atoms with Gasteiger partial charge < -0.3 is 10.6 Å². The van der Waals surface area contributed by atoms with Gasteiger partial charge in [-0.1, -0.05) is 37.1 Å². The Balaban J connectivity index is 1.68. The zero-order chi connectivity index (χ0) is 21.5. The third kappa shape index (κ3) is 6.17. The number of aliphatic imine (C=N–C) groups is 3. The number of carbonyl (C=O) groups excluding carboxylic acids is 4. The Morgan fingerprint density at radius 3 is 2.67 bits per heavy atom. The molecule has 0 aromatic carbocycles. The van der Waals surface area contributed by atoms with Gasteiger partial charge in [-0.25, -0.2) is 4.99 Å². The minimum Gasteiger partial charge on any atom is -0.353 e. The Kier molecular flexibility index (Phi) is 7.63. The first-order valence-electron chi connectivity index (χ1n) is 9.50. The normalized spacial score (nSPS) is 18.6. The van der Waals surface area contributed by atoms with E-state index in [0.29, 0.717) is 4.88 Å². The van der Waals surface area contributed by atoms with E-state index in [4.69, 9.17) is 0 Å². The van der Waals surface area contributed by atoms with Crippen LogP contribution in [-0.2, 0) is 14.4 Å². The summed E-state index contributed by atoms with van der Waals surface area (Å²) in [6.07, 6.45) is 5.35. The van der Waals surface area contributed by atoms with Crippen LogP contribution in [0, 0.1) is 0 Å². The summed E-state index contributed by atoms with van der Waals surface area (Å²) < 4.78 is 0. The first-order chi connectivity index (χ1) is 14.4. The fraction of sp³-hybridized carbons (Fsp3) is 0.421. The van der Waals surface area contributed by atoms with Crippen LogP contribution < -0.4 is 10.6 Å². The highest BCUT2D eigenvalue weighted by Gasteiger charge is 2.27. The molecule has 2 N–H and O–H groups in total. The molecule has 9 nitrogen and oxygen atoms in total. The van der Waals surface area contributed by atoms with Gasteiger partial charge in [0.05, 0.1) is 10.6 Å². The maximum Gasteiger partial charge on any atom is 0.302 e. The van der Waals surface area contributed by atoms with Crippen molar-refractivity contribution in [3.8, 4) is 0 Å². The van der Waals surface area contributed by atoms with E-state index in [1.165, 1.54) is 24.7 Å². The van der Waals surface area contributed by atoms with Gasteiger partial charge in [0.15, 0.2) is 16.7 Å². The first-order valence-corrected chi connectivity index (χ1v) is 11.4. The molecule has 0 saturated heterocycles. The van der Waals surface area contributed by atoms with Gasteiger partial charge in [0, 0.05) is 13.0 Å². The van der Waals surface area contributed by atoms with Crippen molar-refractivity contribution < 1.29 is 19.2 Å². The summed E-state index contributed by atoms with van der Waals surface area (Å²) in [5, 5.41) is 7.14. The van der Waals surface area contributed by atoms with Crippen molar-refractivity contribution in [2.24, 2.45) is 15.0 Å². The predicted molar refractivity (Wildman–Crippen MR) is 117 cm³/mol. The van der Waals surface area contributed by atoms with Gasteiger partial charge in [-0.05, 0) is 24.3 Å². The summed E-state index contributed by atoms with van der Waals surface area (Å²) in [5.41, 5.74) is -0.334. The summed E-state index contributed by atoms with van der Waals surface area (Å²) in [6.45, 7) is 1.25. The van der Waals surface area contributed by atoms with Crippen molar-refractivity contribution in [2.45, 2.75) is 45.1 Å². The molecule has 1 saturated carbocycles. The van der Waals surface area contributed by atoms with Gasteiger partial charge in [-0.15, -0.1) is 11.3 Å². The molecule has 30 heavy (non-hydrogen) atoms. The van der Waals surface area contributed by atoms with Crippen molar-refractivity contribution in [1.82, 2.24) is 10.6 Å². The average molecular weight is 448 g/mol. The Morgan fingerprint density at radius 2 is 2.00 bits per heavy atom. The van der Waals surface area contributed by atoms with Gasteiger partial charge in [0.2, 0.25) is 11.8 Å². The third-order valence-corrected chi connectivity index (χ3v) is 6.08. The predicted octanol–water partition coefficient (Wildman–Crippen LogP) is 1.94. The van der Waals surface area contributed by atoms with Crippen LogP contribution >= 0.6 is 23.1 Å². The number of amides is 4. The molecule has 3 rings (SSSR count). The highest BCUT2D eigenvalue weighted by Crippen LogP contribution is 2.18. The molecule has 1 aliphatic carbocycles. The second kappa shape index (κ2) is 10.4. The van der Waals surface area contributed by atoms with E-state index in [1.807, 2.05) is 0 Å². The monoisotopic (exact) mass is 447 g/mol. The lowest BCUT2D eigenvalue weighted by atomic mass is 9.95. The van der Waals surface area contributed by atoms with Gasteiger partial charge in [0.25, 0.3) is 5.91 Å². The van der Waals surface area contributed by atoms with Gasteiger partial charge in [0.1, 0.15) is 0 Å². The number of hydrogen-bond donors (Lipinski definition) is 2. The van der Waals surface area contributed by atoms with Gasteiger partial charge in [-0.3, -0.25) is 19.2 Å². The zero-order valence-electron chi connectivity index (χ0n) is 16.3. The first kappa shape index (κ1) is 22.0. The number of amidine groups is 2. The van der Waals surface area contributed by atoms with Gasteiger partial charge in [-0.2, -0.15) is 9.98 Å². The zero-order valence-corrected chi connectivity index (χ0v) is 18.0. The van der Waals surface area contributed by atoms with E-state index in [1.54, 1.807) is 17.5 Å². The summed E-state index contributed by atoms with van der Waals surface area (Å²) in [7, 11) is 0. The Labute approximate surface area is 181 Å². The van der Waals surface area contributed by atoms with Crippen molar-refractivity contribution in [3.63, 3.8) is 0 Å². The van der Waals surface area contributed by atoms with Crippen LogP contribution in [-0.4, -0.2) is 52.1 Å². The van der Waals surface area contributed by atoms with Crippen molar-refractivity contribution >= 4 is 63.4 Å². The topological polar surface area (TPSA) is 129 Å². The smallest absolute Gasteiger partial charge is 0.302 e.